The lowest BCUT2D eigenvalue weighted by Gasteiger charge is -2.13. The Kier molecular flexibility index (Phi) is 6.11. The molecule has 120 valence electrons. The molecule has 0 aliphatic carbocycles. The van der Waals surface area contributed by atoms with Crippen LogP contribution in [-0.4, -0.2) is 54.8 Å². The Balaban J connectivity index is 1.75. The van der Waals surface area contributed by atoms with Crippen molar-refractivity contribution in [2.45, 2.75) is 13.0 Å². The van der Waals surface area contributed by atoms with Gasteiger partial charge in [-0.05, 0) is 25.6 Å². The van der Waals surface area contributed by atoms with Crippen LogP contribution in [0.25, 0.3) is 11.6 Å². The van der Waals surface area contributed by atoms with Crippen LogP contribution in [0.2, 0.25) is 0 Å². The highest BCUT2D eigenvalue weighted by atomic mass is 16.5. The first-order valence-corrected chi connectivity index (χ1v) is 6.99. The summed E-state index contributed by atoms with van der Waals surface area (Å²) >= 11 is 0. The van der Waals surface area contributed by atoms with Crippen LogP contribution in [0.15, 0.2) is 27.3 Å². The molecule has 2 aromatic rings. The molecule has 0 unspecified atom stereocenters. The third kappa shape index (κ3) is 4.97. The van der Waals surface area contributed by atoms with E-state index in [-0.39, 0.29) is 12.5 Å². The Morgan fingerprint density at radius 2 is 2.36 bits per heavy atom. The second-order valence-electron chi connectivity index (χ2n) is 4.86. The average Bonchev–Trinajstić information content (AvgIpc) is 3.14. The van der Waals surface area contributed by atoms with Crippen molar-refractivity contribution in [3.63, 3.8) is 0 Å². The molecule has 0 saturated carbocycles. The number of ether oxygens (including phenoxy) is 1. The highest BCUT2D eigenvalue weighted by Crippen LogP contribution is 2.16. The number of nitrogens with one attached hydrogen (secondary N) is 1. The minimum absolute atomic E-state index is 0.0515. The molecule has 2 rings (SSSR count). The third-order valence-corrected chi connectivity index (χ3v) is 2.88. The summed E-state index contributed by atoms with van der Waals surface area (Å²) in [7, 11) is 3.45. The number of nitrogens with zero attached hydrogens (tertiary/aromatic N) is 3. The van der Waals surface area contributed by atoms with Gasteiger partial charge in [0.2, 0.25) is 17.6 Å². The first kappa shape index (κ1) is 16.2. The first-order chi connectivity index (χ1) is 10.7. The summed E-state index contributed by atoms with van der Waals surface area (Å²) in [5.41, 5.74) is 0. The molecule has 0 radical (unpaired) electrons. The zero-order chi connectivity index (χ0) is 15.8. The minimum Gasteiger partial charge on any atom is -0.461 e. The van der Waals surface area contributed by atoms with Crippen LogP contribution in [-0.2, 0) is 16.1 Å². The Labute approximate surface area is 128 Å². The SMILES string of the molecule is COCCCNC(=O)CN(C)Cc1nc(-c2ccco2)no1. The topological polar surface area (TPSA) is 93.6 Å². The molecule has 0 aliphatic heterocycles. The molecular formula is C14H20N4O4. The summed E-state index contributed by atoms with van der Waals surface area (Å²) in [6, 6.07) is 3.51. The maximum atomic E-state index is 11.7. The molecule has 2 aromatic heterocycles. The van der Waals surface area contributed by atoms with E-state index in [4.69, 9.17) is 13.7 Å². The van der Waals surface area contributed by atoms with Gasteiger partial charge in [0.25, 0.3) is 0 Å². The molecule has 0 bridgehead atoms. The molecule has 1 N–H and O–H groups in total. The van der Waals surface area contributed by atoms with Gasteiger partial charge in [-0.2, -0.15) is 4.98 Å². The Bertz CT molecular complexity index is 567. The maximum Gasteiger partial charge on any atom is 0.241 e. The Morgan fingerprint density at radius 3 is 3.09 bits per heavy atom. The van der Waals surface area contributed by atoms with E-state index in [9.17, 15) is 4.79 Å². The van der Waals surface area contributed by atoms with Crippen molar-refractivity contribution in [2.75, 3.05) is 33.9 Å². The zero-order valence-corrected chi connectivity index (χ0v) is 12.7. The molecule has 8 nitrogen and oxygen atoms in total. The number of rotatable bonds is 9. The van der Waals surface area contributed by atoms with Gasteiger partial charge in [-0.15, -0.1) is 0 Å². The number of aromatic nitrogens is 2. The quantitative estimate of drug-likeness (QED) is 0.688. The van der Waals surface area contributed by atoms with Crippen molar-refractivity contribution in [2.24, 2.45) is 0 Å². The number of carbonyl (C=O) groups excluding carboxylic acids is 1. The monoisotopic (exact) mass is 308 g/mol. The zero-order valence-electron chi connectivity index (χ0n) is 12.7. The molecule has 1 amide bonds. The van der Waals surface area contributed by atoms with Crippen molar-refractivity contribution in [1.82, 2.24) is 20.4 Å². The summed E-state index contributed by atoms with van der Waals surface area (Å²) < 4.78 is 15.3. The van der Waals surface area contributed by atoms with Gasteiger partial charge >= 0.3 is 0 Å². The van der Waals surface area contributed by atoms with E-state index in [2.05, 4.69) is 15.5 Å². The number of carbonyl (C=O) groups is 1. The van der Waals surface area contributed by atoms with E-state index < -0.39 is 0 Å². The van der Waals surface area contributed by atoms with Crippen molar-refractivity contribution < 1.29 is 18.5 Å². The molecule has 0 spiro atoms. The molecule has 0 atom stereocenters. The maximum absolute atomic E-state index is 11.7. The van der Waals surface area contributed by atoms with E-state index in [0.717, 1.165) is 6.42 Å². The van der Waals surface area contributed by atoms with Crippen LogP contribution in [0.3, 0.4) is 0 Å². The fraction of sp³-hybridized carbons (Fsp3) is 0.500. The Morgan fingerprint density at radius 1 is 1.50 bits per heavy atom. The second-order valence-corrected chi connectivity index (χ2v) is 4.86. The second kappa shape index (κ2) is 8.30. The lowest BCUT2D eigenvalue weighted by molar-refractivity contribution is -0.122. The van der Waals surface area contributed by atoms with Crippen LogP contribution in [0, 0.1) is 0 Å². The van der Waals surface area contributed by atoms with Gasteiger partial charge in [0.1, 0.15) is 0 Å². The highest BCUT2D eigenvalue weighted by molar-refractivity contribution is 5.77. The van der Waals surface area contributed by atoms with Crippen molar-refractivity contribution in [3.8, 4) is 11.6 Å². The van der Waals surface area contributed by atoms with Gasteiger partial charge < -0.3 is 19.0 Å². The van der Waals surface area contributed by atoms with Gasteiger partial charge in [0.15, 0.2) is 5.76 Å². The molecule has 8 heteroatoms. The lowest BCUT2D eigenvalue weighted by atomic mass is 10.4. The first-order valence-electron chi connectivity index (χ1n) is 6.99. The minimum atomic E-state index is -0.0515. The van der Waals surface area contributed by atoms with Crippen LogP contribution < -0.4 is 5.32 Å². The van der Waals surface area contributed by atoms with Gasteiger partial charge in [-0.25, -0.2) is 0 Å². The molecule has 22 heavy (non-hydrogen) atoms. The standard InChI is InChI=1S/C14H20N4O4/c1-18(9-12(19)15-6-4-7-20-2)10-13-16-14(17-22-13)11-5-3-8-21-11/h3,5,8H,4,6-7,9-10H2,1-2H3,(H,15,19). The number of methoxy groups -OCH3 is 1. The van der Waals surface area contributed by atoms with E-state index in [1.165, 1.54) is 0 Å². The number of furan rings is 1. The largest absolute Gasteiger partial charge is 0.461 e. The predicted octanol–water partition coefficient (Wildman–Crippen LogP) is 0.914. The fourth-order valence-electron chi connectivity index (χ4n) is 1.86. The van der Waals surface area contributed by atoms with Crippen LogP contribution in [0.5, 0.6) is 0 Å². The van der Waals surface area contributed by atoms with Gasteiger partial charge in [-0.1, -0.05) is 5.16 Å². The molecule has 0 aromatic carbocycles. The highest BCUT2D eigenvalue weighted by Gasteiger charge is 2.14. The van der Waals surface area contributed by atoms with Crippen molar-refractivity contribution in [3.05, 3.63) is 24.3 Å². The van der Waals surface area contributed by atoms with E-state index in [0.29, 0.717) is 37.2 Å². The smallest absolute Gasteiger partial charge is 0.241 e. The summed E-state index contributed by atoms with van der Waals surface area (Å²) in [5, 5.41) is 6.66. The van der Waals surface area contributed by atoms with Gasteiger partial charge in [0.05, 0.1) is 19.4 Å². The number of hydrogen-bond acceptors (Lipinski definition) is 7. The molecule has 0 saturated heterocycles. The number of likely N-dealkylation sites (N-methyl/N-ethyl adjacent to an activating group) is 1. The average molecular weight is 308 g/mol. The fourth-order valence-corrected chi connectivity index (χ4v) is 1.86. The number of hydrogen-bond donors (Lipinski definition) is 1. The normalized spacial score (nSPS) is 11.0. The predicted molar refractivity (Wildman–Crippen MR) is 77.8 cm³/mol. The van der Waals surface area contributed by atoms with Gasteiger partial charge in [0, 0.05) is 20.3 Å². The molecular weight excluding hydrogens is 288 g/mol. The number of amides is 1. The van der Waals surface area contributed by atoms with E-state index >= 15 is 0 Å². The van der Waals surface area contributed by atoms with E-state index in [1.807, 2.05) is 7.05 Å². The third-order valence-electron chi connectivity index (χ3n) is 2.88. The molecule has 0 aliphatic rings. The lowest BCUT2D eigenvalue weighted by Crippen LogP contribution is -2.35. The van der Waals surface area contributed by atoms with Crippen LogP contribution >= 0.6 is 0 Å². The summed E-state index contributed by atoms with van der Waals surface area (Å²) in [6.45, 7) is 1.88. The van der Waals surface area contributed by atoms with Gasteiger partial charge in [-0.3, -0.25) is 9.69 Å². The van der Waals surface area contributed by atoms with Crippen molar-refractivity contribution >= 4 is 5.91 Å². The molecule has 2 heterocycles. The van der Waals surface area contributed by atoms with E-state index in [1.54, 1.807) is 30.4 Å². The summed E-state index contributed by atoms with van der Waals surface area (Å²) in [6.07, 6.45) is 2.34. The Hall–Kier alpha value is -2.19. The molecule has 0 fully saturated rings. The summed E-state index contributed by atoms with van der Waals surface area (Å²) in [4.78, 5) is 17.7. The summed E-state index contributed by atoms with van der Waals surface area (Å²) in [5.74, 6) is 1.33. The van der Waals surface area contributed by atoms with Crippen LogP contribution in [0.1, 0.15) is 12.3 Å². The van der Waals surface area contributed by atoms with Crippen molar-refractivity contribution in [1.29, 1.82) is 0 Å². The van der Waals surface area contributed by atoms with Crippen LogP contribution in [0.4, 0.5) is 0 Å².